The number of carbonyl (C=O) groups excluding carboxylic acids is 1. The molecule has 1 aromatic carbocycles. The van der Waals surface area contributed by atoms with Gasteiger partial charge >= 0.3 is 7.12 Å². The molecule has 0 saturated heterocycles. The van der Waals surface area contributed by atoms with Crippen LogP contribution in [0.25, 0.3) is 11.3 Å². The Balaban J connectivity index is 1.64. The molecule has 3 N–H and O–H groups in total. The van der Waals surface area contributed by atoms with E-state index in [2.05, 4.69) is 15.6 Å². The van der Waals surface area contributed by atoms with Gasteiger partial charge in [0.15, 0.2) is 0 Å². The first-order valence-electron chi connectivity index (χ1n) is 7.75. The molecule has 2 aromatic heterocycles. The summed E-state index contributed by atoms with van der Waals surface area (Å²) in [7, 11) is -1.70. The van der Waals surface area contributed by atoms with E-state index in [0.29, 0.717) is 5.69 Å². The number of hydrogen-bond acceptors (Lipinski definition) is 6. The summed E-state index contributed by atoms with van der Waals surface area (Å²) in [4.78, 5) is 13.0. The van der Waals surface area contributed by atoms with Crippen LogP contribution in [0.4, 0.5) is 0 Å². The molecular formula is C16H17BN4O3S. The van der Waals surface area contributed by atoms with Gasteiger partial charge in [0, 0.05) is 10.4 Å². The summed E-state index contributed by atoms with van der Waals surface area (Å²) in [5, 5.41) is 31.7. The Morgan fingerprint density at radius 1 is 1.24 bits per heavy atom. The van der Waals surface area contributed by atoms with Gasteiger partial charge < -0.3 is 15.4 Å². The SMILES string of the molecule is O=C(Cc1cccs1)N[C@@H](Cn1cc(-c2ccccc2)nn1)B(O)O. The van der Waals surface area contributed by atoms with Crippen LogP contribution in [0.2, 0.25) is 0 Å². The minimum absolute atomic E-state index is 0.105. The average Bonchev–Trinajstić information content (AvgIpc) is 3.27. The zero-order valence-corrected chi connectivity index (χ0v) is 14.1. The number of nitrogens with zero attached hydrogens (tertiary/aromatic N) is 3. The monoisotopic (exact) mass is 356 g/mol. The first kappa shape index (κ1) is 17.3. The van der Waals surface area contributed by atoms with Gasteiger partial charge in [-0.15, -0.1) is 16.4 Å². The third kappa shape index (κ3) is 4.75. The van der Waals surface area contributed by atoms with Crippen molar-refractivity contribution in [2.24, 2.45) is 0 Å². The molecular weight excluding hydrogens is 339 g/mol. The highest BCUT2D eigenvalue weighted by molar-refractivity contribution is 7.10. The molecule has 0 aliphatic heterocycles. The van der Waals surface area contributed by atoms with E-state index in [-0.39, 0.29) is 18.9 Å². The van der Waals surface area contributed by atoms with Crippen LogP contribution >= 0.6 is 11.3 Å². The van der Waals surface area contributed by atoms with Gasteiger partial charge in [-0.3, -0.25) is 9.48 Å². The highest BCUT2D eigenvalue weighted by atomic mass is 32.1. The average molecular weight is 356 g/mol. The van der Waals surface area contributed by atoms with E-state index >= 15 is 0 Å². The second kappa shape index (κ2) is 8.06. The lowest BCUT2D eigenvalue weighted by molar-refractivity contribution is -0.120. The standard InChI is InChI=1S/C16H17BN4O3S/c22-16(9-13-7-4-8-25-13)18-15(17(23)24)11-21-10-14(19-20-21)12-5-2-1-3-6-12/h1-8,10,15,23-24H,9,11H2,(H,18,22)/t15-/m0/s1. The highest BCUT2D eigenvalue weighted by Gasteiger charge is 2.26. The van der Waals surface area contributed by atoms with Crippen LogP contribution in [-0.2, 0) is 17.8 Å². The summed E-state index contributed by atoms with van der Waals surface area (Å²) in [5.74, 6) is -1.15. The zero-order valence-electron chi connectivity index (χ0n) is 13.3. The molecule has 0 unspecified atom stereocenters. The minimum Gasteiger partial charge on any atom is -0.426 e. The molecule has 7 nitrogen and oxygen atoms in total. The molecule has 0 radical (unpaired) electrons. The fourth-order valence-electron chi connectivity index (χ4n) is 2.37. The number of nitrogens with one attached hydrogen (secondary N) is 1. The predicted molar refractivity (Wildman–Crippen MR) is 95.6 cm³/mol. The van der Waals surface area contributed by atoms with Crippen molar-refractivity contribution in [3.63, 3.8) is 0 Å². The van der Waals surface area contributed by atoms with Crippen molar-refractivity contribution in [3.05, 3.63) is 58.9 Å². The molecule has 0 aliphatic carbocycles. The zero-order chi connectivity index (χ0) is 17.6. The molecule has 1 atom stereocenters. The summed E-state index contributed by atoms with van der Waals surface area (Å²) in [6.07, 6.45) is 1.91. The molecule has 0 saturated carbocycles. The van der Waals surface area contributed by atoms with Crippen LogP contribution in [0.15, 0.2) is 54.0 Å². The maximum Gasteiger partial charge on any atom is 0.477 e. The molecule has 0 fully saturated rings. The van der Waals surface area contributed by atoms with E-state index in [1.807, 2.05) is 47.8 Å². The number of benzene rings is 1. The van der Waals surface area contributed by atoms with Crippen LogP contribution in [0.3, 0.4) is 0 Å². The highest BCUT2D eigenvalue weighted by Crippen LogP contribution is 2.15. The van der Waals surface area contributed by atoms with Gasteiger partial charge in [-0.25, -0.2) is 0 Å². The van der Waals surface area contributed by atoms with Crippen molar-refractivity contribution >= 4 is 24.4 Å². The third-order valence-corrected chi connectivity index (χ3v) is 4.49. The van der Waals surface area contributed by atoms with Gasteiger partial charge in [0.25, 0.3) is 0 Å². The minimum atomic E-state index is -1.70. The Morgan fingerprint density at radius 3 is 2.72 bits per heavy atom. The Bertz CT molecular complexity index is 808. The Kier molecular flexibility index (Phi) is 5.59. The van der Waals surface area contributed by atoms with Gasteiger partial charge in [0.05, 0.1) is 25.1 Å². The fraction of sp³-hybridized carbons (Fsp3) is 0.188. The van der Waals surface area contributed by atoms with E-state index in [4.69, 9.17) is 0 Å². The molecule has 2 heterocycles. The normalized spacial score (nSPS) is 11.9. The number of hydrogen-bond donors (Lipinski definition) is 3. The first-order valence-corrected chi connectivity index (χ1v) is 8.63. The quantitative estimate of drug-likeness (QED) is 0.543. The molecule has 3 rings (SSSR count). The van der Waals surface area contributed by atoms with E-state index in [0.717, 1.165) is 10.4 Å². The van der Waals surface area contributed by atoms with Crippen LogP contribution in [-0.4, -0.2) is 44.0 Å². The van der Waals surface area contributed by atoms with Crippen LogP contribution < -0.4 is 5.32 Å². The summed E-state index contributed by atoms with van der Waals surface area (Å²) in [5.41, 5.74) is 1.59. The molecule has 0 spiro atoms. The first-order chi connectivity index (χ1) is 12.1. The third-order valence-electron chi connectivity index (χ3n) is 3.61. The summed E-state index contributed by atoms with van der Waals surface area (Å²) in [6, 6.07) is 13.3. The molecule has 0 aliphatic rings. The lowest BCUT2D eigenvalue weighted by atomic mass is 9.79. The molecule has 25 heavy (non-hydrogen) atoms. The van der Waals surface area contributed by atoms with Gasteiger partial charge in [0.2, 0.25) is 5.91 Å². The number of amides is 1. The van der Waals surface area contributed by atoms with E-state index in [1.165, 1.54) is 16.0 Å². The van der Waals surface area contributed by atoms with Gasteiger partial charge in [-0.1, -0.05) is 41.6 Å². The molecule has 128 valence electrons. The van der Waals surface area contributed by atoms with Crippen LogP contribution in [0, 0.1) is 0 Å². The van der Waals surface area contributed by atoms with Crippen molar-refractivity contribution in [3.8, 4) is 11.3 Å². The molecule has 1 amide bonds. The van der Waals surface area contributed by atoms with Crippen molar-refractivity contribution in [2.75, 3.05) is 0 Å². The second-order valence-corrected chi connectivity index (χ2v) is 6.57. The van der Waals surface area contributed by atoms with Gasteiger partial charge in [-0.05, 0) is 11.4 Å². The fourth-order valence-corrected chi connectivity index (χ4v) is 3.08. The van der Waals surface area contributed by atoms with Gasteiger partial charge in [-0.2, -0.15) is 0 Å². The topological polar surface area (TPSA) is 100 Å². The van der Waals surface area contributed by atoms with Gasteiger partial charge in [0.1, 0.15) is 5.69 Å². The second-order valence-electron chi connectivity index (χ2n) is 5.54. The lowest BCUT2D eigenvalue weighted by Crippen LogP contribution is -2.49. The maximum atomic E-state index is 12.1. The number of rotatable bonds is 7. The Morgan fingerprint density at radius 2 is 2.04 bits per heavy atom. The number of carbonyl (C=O) groups is 1. The Labute approximate surface area is 149 Å². The van der Waals surface area contributed by atoms with Crippen molar-refractivity contribution < 1.29 is 14.8 Å². The summed E-state index contributed by atoms with van der Waals surface area (Å²) < 4.78 is 1.48. The van der Waals surface area contributed by atoms with Crippen molar-refractivity contribution in [1.29, 1.82) is 0 Å². The van der Waals surface area contributed by atoms with Crippen molar-refractivity contribution in [1.82, 2.24) is 20.3 Å². The van der Waals surface area contributed by atoms with E-state index < -0.39 is 13.1 Å². The predicted octanol–water partition coefficient (Wildman–Crippen LogP) is 0.746. The van der Waals surface area contributed by atoms with Crippen LogP contribution in [0.1, 0.15) is 4.88 Å². The summed E-state index contributed by atoms with van der Waals surface area (Å²) in [6.45, 7) is 0.105. The Hall–Kier alpha value is -2.49. The smallest absolute Gasteiger partial charge is 0.426 e. The van der Waals surface area contributed by atoms with E-state index in [1.54, 1.807) is 6.20 Å². The molecule has 0 bridgehead atoms. The largest absolute Gasteiger partial charge is 0.477 e. The molecule has 3 aromatic rings. The summed E-state index contributed by atoms with van der Waals surface area (Å²) >= 11 is 1.48. The number of thiophene rings is 1. The maximum absolute atomic E-state index is 12.1. The van der Waals surface area contributed by atoms with Crippen LogP contribution in [0.5, 0.6) is 0 Å². The number of aromatic nitrogens is 3. The van der Waals surface area contributed by atoms with Crippen molar-refractivity contribution in [2.45, 2.75) is 18.9 Å². The lowest BCUT2D eigenvalue weighted by Gasteiger charge is -2.17. The molecule has 9 heteroatoms. The van der Waals surface area contributed by atoms with E-state index in [9.17, 15) is 14.8 Å².